The fourth-order valence-corrected chi connectivity index (χ4v) is 2.55. The lowest BCUT2D eigenvalue weighted by molar-refractivity contribution is 0.0224. The normalized spacial score (nSPS) is 15.0. The summed E-state index contributed by atoms with van der Waals surface area (Å²) < 4.78 is 5.45. The Morgan fingerprint density at radius 2 is 2.00 bits per heavy atom. The number of fused-ring (bicyclic) bond motifs is 1. The number of ether oxygens (including phenoxy) is 1. The first kappa shape index (κ1) is 15.8. The van der Waals surface area contributed by atoms with E-state index in [1.807, 2.05) is 20.8 Å². The molecule has 0 aromatic heterocycles. The minimum Gasteiger partial charge on any atom is -0.444 e. The molecule has 0 N–H and O–H groups in total. The Morgan fingerprint density at radius 1 is 1.29 bits per heavy atom. The molecule has 1 aromatic carbocycles. The van der Waals surface area contributed by atoms with Gasteiger partial charge in [0.1, 0.15) is 5.60 Å². The van der Waals surface area contributed by atoms with Gasteiger partial charge in [-0.2, -0.15) is 0 Å². The van der Waals surface area contributed by atoms with Crippen molar-refractivity contribution in [2.75, 3.05) is 20.6 Å². The second-order valence-corrected chi connectivity index (χ2v) is 6.99. The highest BCUT2D eigenvalue weighted by Gasteiger charge is 2.25. The van der Waals surface area contributed by atoms with E-state index < -0.39 is 5.60 Å². The largest absolute Gasteiger partial charge is 0.444 e. The monoisotopic (exact) mass is 290 g/mol. The summed E-state index contributed by atoms with van der Waals surface area (Å²) in [4.78, 5) is 16.1. The number of amides is 1. The van der Waals surface area contributed by atoms with Crippen LogP contribution in [0, 0.1) is 0 Å². The number of carbonyl (C=O) groups excluding carboxylic acids is 1. The first-order chi connectivity index (χ1) is 9.74. The van der Waals surface area contributed by atoms with Gasteiger partial charge in [0.15, 0.2) is 0 Å². The van der Waals surface area contributed by atoms with E-state index in [0.717, 1.165) is 19.5 Å². The van der Waals surface area contributed by atoms with Gasteiger partial charge in [-0.3, -0.25) is 0 Å². The van der Waals surface area contributed by atoms with Crippen LogP contribution in [0.15, 0.2) is 18.2 Å². The molecule has 1 aliphatic rings. The lowest BCUT2D eigenvalue weighted by Crippen LogP contribution is -2.39. The predicted molar refractivity (Wildman–Crippen MR) is 84.2 cm³/mol. The summed E-state index contributed by atoms with van der Waals surface area (Å²) in [6.07, 6.45) is 0.682. The minimum atomic E-state index is -0.438. The van der Waals surface area contributed by atoms with Crippen molar-refractivity contribution >= 4 is 6.09 Å². The lowest BCUT2D eigenvalue weighted by atomic mass is 9.97. The molecule has 2 rings (SSSR count). The first-order valence-electron chi connectivity index (χ1n) is 7.48. The average Bonchev–Trinajstić information content (AvgIpc) is 2.35. The van der Waals surface area contributed by atoms with Crippen LogP contribution in [0.2, 0.25) is 0 Å². The van der Waals surface area contributed by atoms with Gasteiger partial charge in [0.2, 0.25) is 0 Å². The van der Waals surface area contributed by atoms with E-state index in [2.05, 4.69) is 37.2 Å². The molecule has 0 unspecified atom stereocenters. The Morgan fingerprint density at radius 3 is 2.62 bits per heavy atom. The Labute approximate surface area is 127 Å². The molecule has 0 fully saturated rings. The number of carbonyl (C=O) groups is 1. The van der Waals surface area contributed by atoms with Crippen LogP contribution in [-0.2, 0) is 24.2 Å². The molecular weight excluding hydrogens is 264 g/mol. The predicted octanol–water partition coefficient (Wildman–Crippen LogP) is 3.04. The van der Waals surface area contributed by atoms with Crippen molar-refractivity contribution in [1.82, 2.24) is 9.80 Å². The number of hydrogen-bond acceptors (Lipinski definition) is 3. The van der Waals surface area contributed by atoms with E-state index in [1.165, 1.54) is 16.7 Å². The Balaban J connectivity index is 2.06. The van der Waals surface area contributed by atoms with Crippen LogP contribution in [0.4, 0.5) is 4.79 Å². The van der Waals surface area contributed by atoms with Crippen LogP contribution in [0.5, 0.6) is 0 Å². The van der Waals surface area contributed by atoms with Gasteiger partial charge < -0.3 is 14.5 Å². The molecule has 0 bridgehead atoms. The molecule has 1 aromatic rings. The third-order valence-corrected chi connectivity index (χ3v) is 3.43. The average molecular weight is 290 g/mol. The fraction of sp³-hybridized carbons (Fsp3) is 0.588. The summed E-state index contributed by atoms with van der Waals surface area (Å²) in [6, 6.07) is 6.56. The molecule has 0 saturated heterocycles. The van der Waals surface area contributed by atoms with Crippen LogP contribution in [0.25, 0.3) is 0 Å². The molecule has 1 heterocycles. The van der Waals surface area contributed by atoms with E-state index >= 15 is 0 Å². The molecular formula is C17H26N2O2. The molecule has 0 aliphatic carbocycles. The second-order valence-electron chi connectivity index (χ2n) is 6.99. The molecule has 1 amide bonds. The highest BCUT2D eigenvalue weighted by Crippen LogP contribution is 2.22. The highest BCUT2D eigenvalue weighted by molar-refractivity contribution is 5.68. The third-order valence-electron chi connectivity index (χ3n) is 3.43. The van der Waals surface area contributed by atoms with Gasteiger partial charge in [0.25, 0.3) is 0 Å². The van der Waals surface area contributed by atoms with Crippen molar-refractivity contribution in [2.24, 2.45) is 0 Å². The maximum Gasteiger partial charge on any atom is 0.410 e. The van der Waals surface area contributed by atoms with Crippen molar-refractivity contribution in [2.45, 2.75) is 45.9 Å². The molecule has 21 heavy (non-hydrogen) atoms. The standard InChI is InChI=1S/C17H26N2O2/c1-17(2,3)21-16(20)19-9-8-14-10-13(11-18(4)5)6-7-15(14)12-19/h6-7,10H,8-9,11-12H2,1-5H3. The number of rotatable bonds is 2. The number of nitrogens with zero attached hydrogens (tertiary/aromatic N) is 2. The fourth-order valence-electron chi connectivity index (χ4n) is 2.55. The molecule has 1 aliphatic heterocycles. The molecule has 4 nitrogen and oxygen atoms in total. The van der Waals surface area contributed by atoms with Crippen LogP contribution < -0.4 is 0 Å². The van der Waals surface area contributed by atoms with Crippen LogP contribution in [0.1, 0.15) is 37.5 Å². The smallest absolute Gasteiger partial charge is 0.410 e. The van der Waals surface area contributed by atoms with Crippen molar-refractivity contribution in [3.63, 3.8) is 0 Å². The first-order valence-corrected chi connectivity index (χ1v) is 7.48. The molecule has 0 saturated carbocycles. The van der Waals surface area contributed by atoms with Crippen molar-refractivity contribution < 1.29 is 9.53 Å². The highest BCUT2D eigenvalue weighted by atomic mass is 16.6. The van der Waals surface area contributed by atoms with Crippen molar-refractivity contribution in [3.8, 4) is 0 Å². The molecule has 0 radical (unpaired) electrons. The van der Waals surface area contributed by atoms with Gasteiger partial charge in [0.05, 0.1) is 0 Å². The maximum atomic E-state index is 12.1. The summed E-state index contributed by atoms with van der Waals surface area (Å²) in [5.41, 5.74) is 3.47. The van der Waals surface area contributed by atoms with Crippen molar-refractivity contribution in [3.05, 3.63) is 34.9 Å². The summed E-state index contributed by atoms with van der Waals surface area (Å²) in [5, 5.41) is 0. The van der Waals surface area contributed by atoms with Gasteiger partial charge in [0, 0.05) is 19.6 Å². The minimum absolute atomic E-state index is 0.217. The SMILES string of the molecule is CN(C)Cc1ccc2c(c1)CCN(C(=O)OC(C)(C)C)C2. The molecule has 0 atom stereocenters. The zero-order valence-corrected chi connectivity index (χ0v) is 13.8. The van der Waals surface area contributed by atoms with Gasteiger partial charge >= 0.3 is 6.09 Å². The van der Waals surface area contributed by atoms with Crippen LogP contribution in [0.3, 0.4) is 0 Å². The van der Waals surface area contributed by atoms with E-state index in [1.54, 1.807) is 4.90 Å². The second kappa shape index (κ2) is 6.06. The third kappa shape index (κ3) is 4.46. The van der Waals surface area contributed by atoms with Gasteiger partial charge in [-0.25, -0.2) is 4.79 Å². The van der Waals surface area contributed by atoms with Crippen LogP contribution >= 0.6 is 0 Å². The number of hydrogen-bond donors (Lipinski definition) is 0. The number of benzene rings is 1. The topological polar surface area (TPSA) is 32.8 Å². The Kier molecular flexibility index (Phi) is 4.57. The van der Waals surface area contributed by atoms with E-state index in [4.69, 9.17) is 4.74 Å². The van der Waals surface area contributed by atoms with Gasteiger partial charge in [-0.15, -0.1) is 0 Å². The molecule has 116 valence electrons. The van der Waals surface area contributed by atoms with E-state index in [0.29, 0.717) is 6.54 Å². The lowest BCUT2D eigenvalue weighted by Gasteiger charge is -2.31. The van der Waals surface area contributed by atoms with Crippen LogP contribution in [-0.4, -0.2) is 42.1 Å². The zero-order valence-electron chi connectivity index (χ0n) is 13.8. The van der Waals surface area contributed by atoms with Gasteiger partial charge in [-0.05, 0) is 58.0 Å². The van der Waals surface area contributed by atoms with E-state index in [-0.39, 0.29) is 6.09 Å². The maximum absolute atomic E-state index is 12.1. The van der Waals surface area contributed by atoms with E-state index in [9.17, 15) is 4.79 Å². The quantitative estimate of drug-likeness (QED) is 0.839. The Bertz CT molecular complexity index is 518. The molecule has 4 heteroatoms. The molecule has 0 spiro atoms. The van der Waals surface area contributed by atoms with Crippen molar-refractivity contribution in [1.29, 1.82) is 0 Å². The summed E-state index contributed by atoms with van der Waals surface area (Å²) in [6.45, 7) is 8.02. The summed E-state index contributed by atoms with van der Waals surface area (Å²) >= 11 is 0. The Hall–Kier alpha value is -1.55. The summed E-state index contributed by atoms with van der Waals surface area (Å²) in [5.74, 6) is 0. The zero-order chi connectivity index (χ0) is 15.6. The van der Waals surface area contributed by atoms with Gasteiger partial charge in [-0.1, -0.05) is 18.2 Å². The summed E-state index contributed by atoms with van der Waals surface area (Å²) in [7, 11) is 4.15.